The van der Waals surface area contributed by atoms with E-state index in [4.69, 9.17) is 16.3 Å². The molecular weight excluding hydrogens is 452 g/mol. The minimum absolute atomic E-state index is 0.0730. The van der Waals surface area contributed by atoms with Gasteiger partial charge in [-0.3, -0.25) is 14.9 Å². The van der Waals surface area contributed by atoms with Crippen LogP contribution in [0.15, 0.2) is 60.0 Å². The van der Waals surface area contributed by atoms with Gasteiger partial charge in [-0.25, -0.2) is 4.79 Å². The van der Waals surface area contributed by atoms with Crippen LogP contribution >= 0.6 is 22.9 Å². The molecule has 0 spiro atoms. The molecule has 1 N–H and O–H groups in total. The van der Waals surface area contributed by atoms with Crippen molar-refractivity contribution in [1.82, 2.24) is 0 Å². The van der Waals surface area contributed by atoms with Gasteiger partial charge in [0.25, 0.3) is 5.69 Å². The number of carbonyl (C=O) groups excluding carboxylic acids is 2. The van der Waals surface area contributed by atoms with Crippen molar-refractivity contribution in [2.45, 2.75) is 13.3 Å². The number of nitrogens with one attached hydrogen (secondary N) is 1. The molecule has 32 heavy (non-hydrogen) atoms. The summed E-state index contributed by atoms with van der Waals surface area (Å²) >= 11 is 7.50. The van der Waals surface area contributed by atoms with Gasteiger partial charge >= 0.3 is 5.97 Å². The number of benzene rings is 2. The molecule has 3 rings (SSSR count). The molecule has 0 saturated heterocycles. The first kappa shape index (κ1) is 23.2. The van der Waals surface area contributed by atoms with E-state index in [2.05, 4.69) is 5.32 Å². The highest BCUT2D eigenvalue weighted by Gasteiger charge is 2.23. The second-order valence-corrected chi connectivity index (χ2v) is 7.93. The van der Waals surface area contributed by atoms with Gasteiger partial charge in [-0.05, 0) is 24.1 Å². The molecule has 7 nitrogen and oxygen atoms in total. The van der Waals surface area contributed by atoms with E-state index in [0.717, 1.165) is 0 Å². The standard InChI is InChI=1S/C23H19ClN2O5S/c1-2-12-31-23(28)21-18(17-8-3-4-9-19(17)24)14-32-22(21)25-20(27)11-10-15-6-5-7-16(13-15)26(29)30/h3-11,13-14H,2,12H2,1H3,(H,25,27). The van der Waals surface area contributed by atoms with Gasteiger partial charge in [0, 0.05) is 39.7 Å². The Morgan fingerprint density at radius 2 is 1.97 bits per heavy atom. The number of nitro benzene ring substituents is 1. The maximum Gasteiger partial charge on any atom is 0.341 e. The van der Waals surface area contributed by atoms with Crippen molar-refractivity contribution >= 4 is 51.6 Å². The largest absolute Gasteiger partial charge is 0.462 e. The van der Waals surface area contributed by atoms with E-state index in [1.54, 1.807) is 35.7 Å². The highest BCUT2D eigenvalue weighted by Crippen LogP contribution is 2.39. The number of thiophene rings is 1. The van der Waals surface area contributed by atoms with Crippen LogP contribution in [0.3, 0.4) is 0 Å². The average molecular weight is 471 g/mol. The summed E-state index contributed by atoms with van der Waals surface area (Å²) in [6.45, 7) is 2.13. The van der Waals surface area contributed by atoms with E-state index >= 15 is 0 Å². The first-order chi connectivity index (χ1) is 15.4. The second kappa shape index (κ2) is 10.7. The molecule has 0 saturated carbocycles. The molecule has 2 aromatic carbocycles. The smallest absolute Gasteiger partial charge is 0.341 e. The lowest BCUT2D eigenvalue weighted by Gasteiger charge is -2.09. The molecule has 1 heterocycles. The number of anilines is 1. The number of hydrogen-bond acceptors (Lipinski definition) is 6. The number of carbonyl (C=O) groups is 2. The number of ether oxygens (including phenoxy) is 1. The van der Waals surface area contributed by atoms with Gasteiger partial charge in [-0.2, -0.15) is 0 Å². The normalized spacial score (nSPS) is 10.8. The van der Waals surface area contributed by atoms with Gasteiger partial charge in [0.15, 0.2) is 0 Å². The third-order valence-corrected chi connectivity index (χ3v) is 5.57. The molecular formula is C23H19ClN2O5S. The number of amides is 1. The summed E-state index contributed by atoms with van der Waals surface area (Å²) in [6, 6.07) is 13.0. The van der Waals surface area contributed by atoms with E-state index < -0.39 is 16.8 Å². The zero-order chi connectivity index (χ0) is 23.1. The van der Waals surface area contributed by atoms with Crippen molar-refractivity contribution in [3.8, 4) is 11.1 Å². The van der Waals surface area contributed by atoms with Crippen molar-refractivity contribution in [2.75, 3.05) is 11.9 Å². The van der Waals surface area contributed by atoms with Gasteiger partial charge in [-0.1, -0.05) is 48.9 Å². The zero-order valence-corrected chi connectivity index (χ0v) is 18.6. The number of rotatable bonds is 8. The number of esters is 1. The van der Waals surface area contributed by atoms with Gasteiger partial charge in [0.2, 0.25) is 5.91 Å². The van der Waals surface area contributed by atoms with Crippen LogP contribution in [-0.2, 0) is 9.53 Å². The molecule has 0 aliphatic carbocycles. The molecule has 0 aliphatic heterocycles. The van der Waals surface area contributed by atoms with Gasteiger partial charge in [0.05, 0.1) is 11.5 Å². The van der Waals surface area contributed by atoms with Crippen LogP contribution in [0.2, 0.25) is 5.02 Å². The summed E-state index contributed by atoms with van der Waals surface area (Å²) in [5.41, 5.74) is 1.88. The molecule has 1 amide bonds. The van der Waals surface area contributed by atoms with Gasteiger partial charge in [-0.15, -0.1) is 11.3 Å². The monoisotopic (exact) mass is 470 g/mol. The van der Waals surface area contributed by atoms with Crippen molar-refractivity contribution < 1.29 is 19.2 Å². The number of nitrogens with zero attached hydrogens (tertiary/aromatic N) is 1. The van der Waals surface area contributed by atoms with E-state index in [0.29, 0.717) is 33.1 Å². The molecule has 164 valence electrons. The number of non-ortho nitro benzene ring substituents is 1. The maximum atomic E-state index is 12.8. The molecule has 0 atom stereocenters. The molecule has 9 heteroatoms. The van der Waals surface area contributed by atoms with Crippen LogP contribution < -0.4 is 5.32 Å². The number of hydrogen-bond donors (Lipinski definition) is 1. The Balaban J connectivity index is 1.88. The Morgan fingerprint density at radius 1 is 1.19 bits per heavy atom. The Bertz CT molecular complexity index is 1190. The van der Waals surface area contributed by atoms with Crippen LogP contribution in [0, 0.1) is 10.1 Å². The molecule has 0 fully saturated rings. The Kier molecular flexibility index (Phi) is 7.75. The fourth-order valence-corrected chi connectivity index (χ4v) is 4.05. The highest BCUT2D eigenvalue weighted by molar-refractivity contribution is 7.15. The topological polar surface area (TPSA) is 98.5 Å². The number of nitro groups is 1. The summed E-state index contributed by atoms with van der Waals surface area (Å²) in [6.07, 6.45) is 3.36. The van der Waals surface area contributed by atoms with Crippen LogP contribution in [0.1, 0.15) is 29.3 Å². The Morgan fingerprint density at radius 3 is 2.69 bits per heavy atom. The van der Waals surface area contributed by atoms with Crippen molar-refractivity contribution in [3.63, 3.8) is 0 Å². The molecule has 0 aliphatic rings. The minimum Gasteiger partial charge on any atom is -0.462 e. The third kappa shape index (κ3) is 5.60. The van der Waals surface area contributed by atoms with Crippen LogP contribution in [-0.4, -0.2) is 23.4 Å². The van der Waals surface area contributed by atoms with Crippen LogP contribution in [0.5, 0.6) is 0 Å². The van der Waals surface area contributed by atoms with E-state index in [1.165, 1.54) is 41.7 Å². The first-order valence-electron chi connectivity index (χ1n) is 9.67. The van der Waals surface area contributed by atoms with E-state index in [1.807, 2.05) is 6.92 Å². The predicted octanol–water partition coefficient (Wildman–Crippen LogP) is 6.20. The van der Waals surface area contributed by atoms with Gasteiger partial charge in [0.1, 0.15) is 10.6 Å². The van der Waals surface area contributed by atoms with E-state index in [9.17, 15) is 19.7 Å². The summed E-state index contributed by atoms with van der Waals surface area (Å²) in [5.74, 6) is -1.05. The average Bonchev–Trinajstić information content (AvgIpc) is 3.19. The fourth-order valence-electron chi connectivity index (χ4n) is 2.86. The lowest BCUT2D eigenvalue weighted by Crippen LogP contribution is -2.13. The molecule has 3 aromatic rings. The summed E-state index contributed by atoms with van der Waals surface area (Å²) in [4.78, 5) is 35.7. The third-order valence-electron chi connectivity index (χ3n) is 4.34. The minimum atomic E-state index is -0.555. The maximum absolute atomic E-state index is 12.8. The lowest BCUT2D eigenvalue weighted by molar-refractivity contribution is -0.384. The summed E-state index contributed by atoms with van der Waals surface area (Å²) in [7, 11) is 0. The summed E-state index contributed by atoms with van der Waals surface area (Å²) in [5, 5.41) is 16.1. The SMILES string of the molecule is CCCOC(=O)c1c(-c2ccccc2Cl)csc1NC(=O)C=Cc1cccc([N+](=O)[O-])c1. The molecule has 0 unspecified atom stereocenters. The fraction of sp³-hybridized carbons (Fsp3) is 0.130. The molecule has 1 aromatic heterocycles. The lowest BCUT2D eigenvalue weighted by atomic mass is 10.0. The zero-order valence-electron chi connectivity index (χ0n) is 17.0. The van der Waals surface area contributed by atoms with Gasteiger partial charge < -0.3 is 10.1 Å². The van der Waals surface area contributed by atoms with Crippen molar-refractivity contribution in [1.29, 1.82) is 0 Å². The van der Waals surface area contributed by atoms with Crippen molar-refractivity contribution in [2.24, 2.45) is 0 Å². The highest BCUT2D eigenvalue weighted by atomic mass is 35.5. The van der Waals surface area contributed by atoms with Crippen LogP contribution in [0.25, 0.3) is 17.2 Å². The number of halogens is 1. The van der Waals surface area contributed by atoms with Crippen LogP contribution in [0.4, 0.5) is 10.7 Å². The summed E-state index contributed by atoms with van der Waals surface area (Å²) < 4.78 is 5.32. The van der Waals surface area contributed by atoms with E-state index in [-0.39, 0.29) is 17.9 Å². The second-order valence-electron chi connectivity index (χ2n) is 6.64. The quantitative estimate of drug-likeness (QED) is 0.183. The predicted molar refractivity (Wildman–Crippen MR) is 126 cm³/mol. The Hall–Kier alpha value is -3.49. The first-order valence-corrected chi connectivity index (χ1v) is 10.9. The molecule has 0 bridgehead atoms. The van der Waals surface area contributed by atoms with Crippen molar-refractivity contribution in [3.05, 3.63) is 86.3 Å². The molecule has 0 radical (unpaired) electrons. The Labute approximate surface area is 193 Å².